The lowest BCUT2D eigenvalue weighted by molar-refractivity contribution is 0.240. The van der Waals surface area contributed by atoms with Crippen LogP contribution >= 0.6 is 0 Å². The summed E-state index contributed by atoms with van der Waals surface area (Å²) in [5.41, 5.74) is 2.39. The van der Waals surface area contributed by atoms with Gasteiger partial charge in [0.25, 0.3) is 0 Å². The molecule has 0 saturated heterocycles. The van der Waals surface area contributed by atoms with Crippen LogP contribution in [0.25, 0.3) is 10.9 Å². The van der Waals surface area contributed by atoms with Gasteiger partial charge in [-0.3, -0.25) is 4.68 Å². The van der Waals surface area contributed by atoms with Gasteiger partial charge < -0.3 is 10.6 Å². The van der Waals surface area contributed by atoms with Crippen LogP contribution in [-0.2, 0) is 6.54 Å². The van der Waals surface area contributed by atoms with Crippen molar-refractivity contribution in [3.63, 3.8) is 0 Å². The summed E-state index contributed by atoms with van der Waals surface area (Å²) in [6, 6.07) is 6.25. The molecule has 0 bridgehead atoms. The average molecular weight is 288 g/mol. The Hall–Kier alpha value is -2.04. The first-order chi connectivity index (χ1) is 10.2. The van der Waals surface area contributed by atoms with Crippen LogP contribution in [0.1, 0.15) is 31.7 Å². The molecule has 0 atom stereocenters. The second-order valence-corrected chi connectivity index (χ2v) is 5.32. The van der Waals surface area contributed by atoms with Crippen molar-refractivity contribution in [2.75, 3.05) is 13.1 Å². The molecule has 0 spiro atoms. The minimum Gasteiger partial charge on any atom is -0.338 e. The fraction of sp³-hybridized carbons (Fsp3) is 0.500. The van der Waals surface area contributed by atoms with Crippen molar-refractivity contribution in [1.29, 1.82) is 0 Å². The number of hydrogen-bond acceptors (Lipinski definition) is 2. The van der Waals surface area contributed by atoms with Crippen LogP contribution in [0.3, 0.4) is 0 Å². The number of nitrogens with one attached hydrogen (secondary N) is 2. The van der Waals surface area contributed by atoms with E-state index in [-0.39, 0.29) is 6.03 Å². The van der Waals surface area contributed by atoms with E-state index in [4.69, 9.17) is 0 Å². The summed E-state index contributed by atoms with van der Waals surface area (Å²) in [5.74, 6) is 0. The van der Waals surface area contributed by atoms with Crippen LogP contribution in [0.2, 0.25) is 0 Å². The van der Waals surface area contributed by atoms with Gasteiger partial charge >= 0.3 is 6.03 Å². The highest BCUT2D eigenvalue weighted by Crippen LogP contribution is 2.15. The zero-order chi connectivity index (χ0) is 15.1. The van der Waals surface area contributed by atoms with E-state index in [9.17, 15) is 4.79 Å². The summed E-state index contributed by atoms with van der Waals surface area (Å²) in [5, 5.41) is 11.3. The summed E-state index contributed by atoms with van der Waals surface area (Å²) >= 11 is 0. The van der Waals surface area contributed by atoms with Gasteiger partial charge in [-0.05, 0) is 31.4 Å². The van der Waals surface area contributed by atoms with Gasteiger partial charge in [-0.1, -0.05) is 25.5 Å². The number of carbonyl (C=O) groups is 1. The first-order valence-electron chi connectivity index (χ1n) is 7.64. The van der Waals surface area contributed by atoms with E-state index < -0.39 is 0 Å². The van der Waals surface area contributed by atoms with Gasteiger partial charge in [-0.25, -0.2) is 4.79 Å². The van der Waals surface area contributed by atoms with Crippen molar-refractivity contribution in [2.45, 2.75) is 39.7 Å². The molecule has 0 radical (unpaired) electrons. The topological polar surface area (TPSA) is 59.0 Å². The highest BCUT2D eigenvalue weighted by molar-refractivity contribution is 5.79. The van der Waals surface area contributed by atoms with Gasteiger partial charge in [0.05, 0.1) is 11.7 Å². The summed E-state index contributed by atoms with van der Waals surface area (Å²) < 4.78 is 2.00. The number of rotatable bonds is 7. The molecule has 0 aliphatic heterocycles. The van der Waals surface area contributed by atoms with Crippen molar-refractivity contribution in [2.24, 2.45) is 0 Å². The molecule has 21 heavy (non-hydrogen) atoms. The number of aromatic nitrogens is 2. The third-order valence-electron chi connectivity index (χ3n) is 3.45. The standard InChI is InChI=1S/C16H24N4O/c1-3-4-8-17-16(21)18-9-5-10-20-15-11-13(2)6-7-14(15)12-19-20/h6-7,11-12H,3-5,8-10H2,1-2H3,(H2,17,18,21). The molecule has 0 fully saturated rings. The molecule has 2 amide bonds. The monoisotopic (exact) mass is 288 g/mol. The molecule has 0 aliphatic rings. The average Bonchev–Trinajstić information content (AvgIpc) is 2.86. The molecule has 1 aromatic carbocycles. The maximum Gasteiger partial charge on any atom is 0.314 e. The smallest absolute Gasteiger partial charge is 0.314 e. The van der Waals surface area contributed by atoms with Crippen molar-refractivity contribution in [1.82, 2.24) is 20.4 Å². The number of unbranched alkanes of at least 4 members (excludes halogenated alkanes) is 1. The Morgan fingerprint density at radius 2 is 2.00 bits per heavy atom. The van der Waals surface area contributed by atoms with Gasteiger partial charge in [0.2, 0.25) is 0 Å². The Balaban J connectivity index is 1.75. The first kappa shape index (κ1) is 15.4. The van der Waals surface area contributed by atoms with Gasteiger partial charge in [0, 0.05) is 25.0 Å². The van der Waals surface area contributed by atoms with Crippen molar-refractivity contribution in [3.05, 3.63) is 30.0 Å². The molecular formula is C16H24N4O. The van der Waals surface area contributed by atoms with Crippen molar-refractivity contribution in [3.8, 4) is 0 Å². The van der Waals surface area contributed by atoms with Crippen LogP contribution in [0.4, 0.5) is 4.79 Å². The van der Waals surface area contributed by atoms with Gasteiger partial charge in [0.1, 0.15) is 0 Å². The number of urea groups is 1. The maximum atomic E-state index is 11.5. The highest BCUT2D eigenvalue weighted by Gasteiger charge is 2.03. The van der Waals surface area contributed by atoms with E-state index in [0.717, 1.165) is 43.3 Å². The van der Waals surface area contributed by atoms with E-state index in [0.29, 0.717) is 6.54 Å². The van der Waals surface area contributed by atoms with Crippen LogP contribution in [0.5, 0.6) is 0 Å². The number of hydrogen-bond donors (Lipinski definition) is 2. The molecule has 1 aromatic heterocycles. The Morgan fingerprint density at radius 3 is 2.76 bits per heavy atom. The van der Waals surface area contributed by atoms with Gasteiger partial charge in [0.15, 0.2) is 0 Å². The largest absolute Gasteiger partial charge is 0.338 e. The number of benzene rings is 1. The Kier molecular flexibility index (Phi) is 5.60. The normalized spacial score (nSPS) is 10.8. The quantitative estimate of drug-likeness (QED) is 0.770. The molecule has 2 rings (SSSR count). The van der Waals surface area contributed by atoms with Crippen LogP contribution in [0.15, 0.2) is 24.4 Å². The molecule has 2 aromatic rings. The third-order valence-corrected chi connectivity index (χ3v) is 3.45. The lowest BCUT2D eigenvalue weighted by Gasteiger charge is -2.08. The lowest BCUT2D eigenvalue weighted by atomic mass is 10.2. The molecule has 0 unspecified atom stereocenters. The van der Waals surface area contributed by atoms with E-state index >= 15 is 0 Å². The molecule has 0 saturated carbocycles. The molecule has 2 N–H and O–H groups in total. The second kappa shape index (κ2) is 7.67. The fourth-order valence-electron chi connectivity index (χ4n) is 2.23. The van der Waals surface area contributed by atoms with Gasteiger partial charge in [-0.2, -0.15) is 5.10 Å². The zero-order valence-corrected chi connectivity index (χ0v) is 12.9. The molecule has 5 nitrogen and oxygen atoms in total. The third kappa shape index (κ3) is 4.48. The number of fused-ring (bicyclic) bond motifs is 1. The minimum atomic E-state index is -0.0791. The zero-order valence-electron chi connectivity index (χ0n) is 12.9. The fourth-order valence-corrected chi connectivity index (χ4v) is 2.23. The second-order valence-electron chi connectivity index (χ2n) is 5.32. The SMILES string of the molecule is CCCCNC(=O)NCCCn1ncc2ccc(C)cc21. The summed E-state index contributed by atoms with van der Waals surface area (Å²) in [7, 11) is 0. The number of amides is 2. The van der Waals surface area contributed by atoms with Gasteiger partial charge in [-0.15, -0.1) is 0 Å². The molecule has 1 heterocycles. The molecule has 5 heteroatoms. The van der Waals surface area contributed by atoms with Crippen molar-refractivity contribution >= 4 is 16.9 Å². The molecule has 114 valence electrons. The van der Waals surface area contributed by atoms with E-state index in [2.05, 4.69) is 47.8 Å². The number of aryl methyl sites for hydroxylation is 2. The minimum absolute atomic E-state index is 0.0791. The van der Waals surface area contributed by atoms with E-state index in [1.807, 2.05) is 10.9 Å². The van der Waals surface area contributed by atoms with E-state index in [1.165, 1.54) is 5.56 Å². The van der Waals surface area contributed by atoms with Crippen LogP contribution in [0, 0.1) is 6.92 Å². The van der Waals surface area contributed by atoms with E-state index in [1.54, 1.807) is 0 Å². The Bertz CT molecular complexity index is 591. The first-order valence-corrected chi connectivity index (χ1v) is 7.64. The number of nitrogens with zero attached hydrogens (tertiary/aromatic N) is 2. The number of carbonyl (C=O) groups excluding carboxylic acids is 1. The van der Waals surface area contributed by atoms with Crippen LogP contribution < -0.4 is 10.6 Å². The maximum absolute atomic E-state index is 11.5. The Morgan fingerprint density at radius 1 is 1.24 bits per heavy atom. The Labute approximate surface area is 125 Å². The lowest BCUT2D eigenvalue weighted by Crippen LogP contribution is -2.36. The molecular weight excluding hydrogens is 264 g/mol. The summed E-state index contributed by atoms with van der Waals surface area (Å²) in [4.78, 5) is 11.5. The highest BCUT2D eigenvalue weighted by atomic mass is 16.2. The van der Waals surface area contributed by atoms with Crippen LogP contribution in [-0.4, -0.2) is 28.9 Å². The van der Waals surface area contributed by atoms with Crippen molar-refractivity contribution < 1.29 is 4.79 Å². The predicted octanol–water partition coefficient (Wildman–Crippen LogP) is 2.83. The predicted molar refractivity (Wildman–Crippen MR) is 85.4 cm³/mol. The molecule has 0 aliphatic carbocycles. The summed E-state index contributed by atoms with van der Waals surface area (Å²) in [6.45, 7) is 6.40. The summed E-state index contributed by atoms with van der Waals surface area (Å²) in [6.07, 6.45) is 4.86.